The minimum atomic E-state index is -0.654. The highest BCUT2D eigenvalue weighted by atomic mass is 32.1. The molecule has 19 heavy (non-hydrogen) atoms. The van der Waals surface area contributed by atoms with E-state index in [4.69, 9.17) is 12.2 Å². The van der Waals surface area contributed by atoms with E-state index in [-0.39, 0.29) is 5.54 Å². The molecular weight excluding hydrogens is 254 g/mol. The van der Waals surface area contributed by atoms with Gasteiger partial charge in [-0.3, -0.25) is 0 Å². The van der Waals surface area contributed by atoms with E-state index in [1.54, 1.807) is 0 Å². The molecule has 2 nitrogen and oxygen atoms in total. The summed E-state index contributed by atoms with van der Waals surface area (Å²) >= 11 is 4.84. The summed E-state index contributed by atoms with van der Waals surface area (Å²) in [6, 6.07) is 0. The van der Waals surface area contributed by atoms with E-state index in [1.165, 1.54) is 5.57 Å². The van der Waals surface area contributed by atoms with Gasteiger partial charge < -0.3 is 5.11 Å². The van der Waals surface area contributed by atoms with E-state index in [0.717, 1.165) is 25.7 Å². The van der Waals surface area contributed by atoms with Gasteiger partial charge in [-0.25, -0.2) is 4.99 Å². The van der Waals surface area contributed by atoms with E-state index in [9.17, 15) is 5.11 Å². The summed E-state index contributed by atoms with van der Waals surface area (Å²) < 4.78 is 0. The SMILES string of the molecule is CC(C)[C@@H]1CC[C@](C)(N=C=S)[C@@H]2CC[C@@](C)(O)C=C12. The fraction of sp³-hybridized carbons (Fsp3) is 0.812. The van der Waals surface area contributed by atoms with Crippen LogP contribution in [0.4, 0.5) is 0 Å². The summed E-state index contributed by atoms with van der Waals surface area (Å²) in [5.74, 6) is 1.61. The van der Waals surface area contributed by atoms with Crippen LogP contribution in [0.1, 0.15) is 53.4 Å². The van der Waals surface area contributed by atoms with Crippen molar-refractivity contribution < 1.29 is 5.11 Å². The zero-order valence-corrected chi connectivity index (χ0v) is 13.3. The molecule has 1 N–H and O–H groups in total. The smallest absolute Gasteiger partial charge is 0.0802 e. The van der Waals surface area contributed by atoms with Crippen LogP contribution >= 0.6 is 12.2 Å². The van der Waals surface area contributed by atoms with E-state index >= 15 is 0 Å². The summed E-state index contributed by atoms with van der Waals surface area (Å²) in [4.78, 5) is 4.48. The highest BCUT2D eigenvalue weighted by Gasteiger charge is 2.46. The Morgan fingerprint density at radius 3 is 2.63 bits per heavy atom. The van der Waals surface area contributed by atoms with Crippen molar-refractivity contribution in [3.63, 3.8) is 0 Å². The zero-order chi connectivity index (χ0) is 14.3. The normalized spacial score (nSPS) is 42.3. The molecule has 106 valence electrons. The number of thiocarbonyl (C=S) groups is 1. The first-order chi connectivity index (χ1) is 8.79. The third kappa shape index (κ3) is 2.84. The Labute approximate surface area is 122 Å². The van der Waals surface area contributed by atoms with Crippen LogP contribution in [0, 0.1) is 17.8 Å². The van der Waals surface area contributed by atoms with Gasteiger partial charge in [0.05, 0.1) is 16.3 Å². The maximum atomic E-state index is 10.4. The number of isothiocyanates is 1. The van der Waals surface area contributed by atoms with E-state index in [1.807, 2.05) is 6.92 Å². The Morgan fingerprint density at radius 2 is 2.05 bits per heavy atom. The van der Waals surface area contributed by atoms with Gasteiger partial charge in [0.2, 0.25) is 0 Å². The zero-order valence-electron chi connectivity index (χ0n) is 12.4. The standard InChI is InChI=1S/C16H25NOS/c1-11(2)12-5-8-16(4,17-10-19)14-6-7-15(3,18)9-13(12)14/h9,11-12,14,18H,5-8H2,1-4H3/t12-,14+,15+,16-/m0/s1. The second kappa shape index (κ2) is 5.12. The van der Waals surface area contributed by atoms with Crippen molar-refractivity contribution in [2.24, 2.45) is 22.7 Å². The van der Waals surface area contributed by atoms with E-state index in [2.05, 4.69) is 37.0 Å². The molecule has 0 aromatic heterocycles. The molecular formula is C16H25NOS. The van der Waals surface area contributed by atoms with Crippen LogP contribution in [0.5, 0.6) is 0 Å². The molecule has 2 aliphatic carbocycles. The minimum absolute atomic E-state index is 0.116. The third-order valence-electron chi connectivity index (χ3n) is 5.07. The average Bonchev–Trinajstić information content (AvgIpc) is 2.27. The maximum absolute atomic E-state index is 10.4. The van der Waals surface area contributed by atoms with Crippen LogP contribution in [0.25, 0.3) is 0 Å². The lowest BCUT2D eigenvalue weighted by Gasteiger charge is -2.48. The summed E-state index contributed by atoms with van der Waals surface area (Å²) in [6.07, 6.45) is 6.13. The third-order valence-corrected chi connectivity index (χ3v) is 5.16. The second-order valence-electron chi connectivity index (χ2n) is 7.04. The van der Waals surface area contributed by atoms with Crippen molar-refractivity contribution in [3.8, 4) is 0 Å². The van der Waals surface area contributed by atoms with Crippen molar-refractivity contribution in [1.29, 1.82) is 0 Å². The molecule has 0 spiro atoms. The number of hydrogen-bond donors (Lipinski definition) is 1. The number of hydrogen-bond acceptors (Lipinski definition) is 3. The van der Waals surface area contributed by atoms with Crippen LogP contribution in [0.2, 0.25) is 0 Å². The van der Waals surface area contributed by atoms with Gasteiger partial charge in [0.1, 0.15) is 0 Å². The van der Waals surface area contributed by atoms with Gasteiger partial charge in [0.25, 0.3) is 0 Å². The van der Waals surface area contributed by atoms with Crippen LogP contribution in [-0.2, 0) is 0 Å². The lowest BCUT2D eigenvalue weighted by Crippen LogP contribution is -2.46. The summed E-state index contributed by atoms with van der Waals surface area (Å²) in [5.41, 5.74) is 0.641. The number of aliphatic hydroxyl groups is 1. The molecule has 0 heterocycles. The highest BCUT2D eigenvalue weighted by molar-refractivity contribution is 7.78. The van der Waals surface area contributed by atoms with Crippen LogP contribution in [0.3, 0.4) is 0 Å². The Hall–Kier alpha value is -0.500. The summed E-state index contributed by atoms with van der Waals surface area (Å²) in [6.45, 7) is 8.66. The molecule has 0 aromatic carbocycles. The first-order valence-corrected chi connectivity index (χ1v) is 7.74. The predicted molar refractivity (Wildman–Crippen MR) is 82.4 cm³/mol. The average molecular weight is 279 g/mol. The minimum Gasteiger partial charge on any atom is -0.386 e. The van der Waals surface area contributed by atoms with Crippen molar-refractivity contribution in [1.82, 2.24) is 0 Å². The van der Waals surface area contributed by atoms with Crippen molar-refractivity contribution in [2.75, 3.05) is 0 Å². The molecule has 1 fully saturated rings. The van der Waals surface area contributed by atoms with Crippen LogP contribution < -0.4 is 0 Å². The molecule has 0 radical (unpaired) electrons. The number of aliphatic imine (C=N–C) groups is 1. The van der Waals surface area contributed by atoms with Gasteiger partial charge in [-0.05, 0) is 63.6 Å². The Bertz CT molecular complexity index is 434. The Morgan fingerprint density at radius 1 is 1.37 bits per heavy atom. The van der Waals surface area contributed by atoms with Crippen molar-refractivity contribution in [3.05, 3.63) is 11.6 Å². The topological polar surface area (TPSA) is 32.6 Å². The predicted octanol–water partition coefficient (Wildman–Crippen LogP) is 4.00. The molecule has 0 unspecified atom stereocenters. The molecule has 0 saturated heterocycles. The van der Waals surface area contributed by atoms with Gasteiger partial charge in [0.15, 0.2) is 0 Å². The van der Waals surface area contributed by atoms with Crippen LogP contribution in [-0.4, -0.2) is 21.4 Å². The molecule has 0 bridgehead atoms. The molecule has 0 aliphatic heterocycles. The summed E-state index contributed by atoms with van der Waals surface area (Å²) in [7, 11) is 0. The number of fused-ring (bicyclic) bond motifs is 1. The second-order valence-corrected chi connectivity index (χ2v) is 7.22. The molecule has 0 aromatic rings. The highest BCUT2D eigenvalue weighted by Crippen LogP contribution is 2.51. The quantitative estimate of drug-likeness (QED) is 0.471. The fourth-order valence-corrected chi connectivity index (χ4v) is 4.12. The summed E-state index contributed by atoms with van der Waals surface area (Å²) in [5, 5.41) is 13.0. The van der Waals surface area contributed by atoms with Gasteiger partial charge >= 0.3 is 0 Å². The van der Waals surface area contributed by atoms with Crippen molar-refractivity contribution in [2.45, 2.75) is 64.5 Å². The van der Waals surface area contributed by atoms with Crippen molar-refractivity contribution >= 4 is 17.4 Å². The van der Waals surface area contributed by atoms with Gasteiger partial charge in [-0.2, -0.15) is 0 Å². The lowest BCUT2D eigenvalue weighted by atomic mass is 9.59. The van der Waals surface area contributed by atoms with Gasteiger partial charge in [-0.1, -0.05) is 25.5 Å². The number of nitrogens with zero attached hydrogens (tertiary/aromatic N) is 1. The van der Waals surface area contributed by atoms with Gasteiger partial charge in [-0.15, -0.1) is 0 Å². The number of rotatable bonds is 2. The largest absolute Gasteiger partial charge is 0.386 e. The lowest BCUT2D eigenvalue weighted by molar-refractivity contribution is 0.0637. The Kier molecular flexibility index (Phi) is 4.02. The molecule has 1 saturated carbocycles. The van der Waals surface area contributed by atoms with Gasteiger partial charge in [0, 0.05) is 5.92 Å². The monoisotopic (exact) mass is 279 g/mol. The molecule has 2 rings (SSSR count). The van der Waals surface area contributed by atoms with E-state index in [0.29, 0.717) is 17.8 Å². The molecule has 3 heteroatoms. The molecule has 0 amide bonds. The van der Waals surface area contributed by atoms with E-state index < -0.39 is 5.60 Å². The molecule has 2 aliphatic rings. The maximum Gasteiger partial charge on any atom is 0.0802 e. The molecule has 4 atom stereocenters. The first kappa shape index (κ1) is 14.9. The fourth-order valence-electron chi connectivity index (χ4n) is 3.92. The van der Waals surface area contributed by atoms with Crippen LogP contribution in [0.15, 0.2) is 16.6 Å². The Balaban J connectivity index is 2.43. The first-order valence-electron chi connectivity index (χ1n) is 7.33.